The number of thiocarbonyl (C=S) groups is 1. The molecule has 0 aliphatic carbocycles. The summed E-state index contributed by atoms with van der Waals surface area (Å²) < 4.78 is 4.40. The minimum Gasteiger partial charge on any atom is -0.483 e. The van der Waals surface area contributed by atoms with E-state index in [4.69, 9.17) is 0 Å². The van der Waals surface area contributed by atoms with E-state index in [1.165, 1.54) is 12.2 Å². The highest BCUT2D eigenvalue weighted by Crippen LogP contribution is 1.68. The van der Waals surface area contributed by atoms with Crippen LogP contribution in [0.1, 0.15) is 6.92 Å². The van der Waals surface area contributed by atoms with Gasteiger partial charge in [-0.15, -0.1) is 0 Å². The fourth-order valence-corrected chi connectivity index (χ4v) is 0.167. The molecule has 0 saturated carbocycles. The second-order valence-corrected chi connectivity index (χ2v) is 0.660. The smallest absolute Gasteiger partial charge is 0.146 e. The van der Waals surface area contributed by atoms with Gasteiger partial charge in [-0.05, 0) is 19.1 Å². The van der Waals surface area contributed by atoms with Gasteiger partial charge in [0.25, 0.3) is 0 Å². The standard InChI is InChI=1S/C3H5OS/c1-2-4-3-5/h2-3H,1H3. The van der Waals surface area contributed by atoms with Crippen LogP contribution in [0, 0.1) is 6.61 Å². The highest BCUT2D eigenvalue weighted by Gasteiger charge is 1.59. The van der Waals surface area contributed by atoms with Gasteiger partial charge in [0, 0.05) is 0 Å². The molecule has 0 N–H and O–H groups in total. The zero-order valence-corrected chi connectivity index (χ0v) is 3.79. The van der Waals surface area contributed by atoms with E-state index in [-0.39, 0.29) is 0 Å². The third kappa shape index (κ3) is 3.89. The fraction of sp³-hybridized carbons (Fsp3) is 0.333. The lowest BCUT2D eigenvalue weighted by Crippen LogP contribution is -1.70. The van der Waals surface area contributed by atoms with Gasteiger partial charge < -0.3 is 4.74 Å². The minimum absolute atomic E-state index is 1.21. The Labute approximate surface area is 36.9 Å². The van der Waals surface area contributed by atoms with Crippen molar-refractivity contribution in [2.24, 2.45) is 0 Å². The van der Waals surface area contributed by atoms with Crippen LogP contribution >= 0.6 is 12.2 Å². The first-order valence-electron chi connectivity index (χ1n) is 1.28. The summed E-state index contributed by atoms with van der Waals surface area (Å²) in [4.78, 5) is 0. The SMILES string of the molecule is C[CH]OC=S. The van der Waals surface area contributed by atoms with Gasteiger partial charge in [-0.1, -0.05) is 0 Å². The van der Waals surface area contributed by atoms with Gasteiger partial charge in [0.1, 0.15) is 12.2 Å². The maximum atomic E-state index is 4.40. The molecule has 1 radical (unpaired) electrons. The van der Waals surface area contributed by atoms with E-state index in [1.807, 2.05) is 0 Å². The fourth-order valence-electron chi connectivity index (χ4n) is 0.0556. The van der Waals surface area contributed by atoms with E-state index in [2.05, 4.69) is 17.0 Å². The molecule has 2 heteroatoms. The maximum absolute atomic E-state index is 4.40. The first kappa shape index (κ1) is 4.89. The zero-order valence-electron chi connectivity index (χ0n) is 2.97. The van der Waals surface area contributed by atoms with Crippen molar-refractivity contribution in [3.05, 3.63) is 6.61 Å². The Kier molecular flexibility index (Phi) is 3.80. The van der Waals surface area contributed by atoms with Gasteiger partial charge in [0.15, 0.2) is 0 Å². The summed E-state index contributed by atoms with van der Waals surface area (Å²) in [7, 11) is 0. The molecule has 5 heavy (non-hydrogen) atoms. The van der Waals surface area contributed by atoms with E-state index >= 15 is 0 Å². The van der Waals surface area contributed by atoms with Gasteiger partial charge >= 0.3 is 0 Å². The third-order valence-electron chi connectivity index (χ3n) is 0.192. The monoisotopic (exact) mass is 89.0 g/mol. The Morgan fingerprint density at radius 2 is 2.40 bits per heavy atom. The highest BCUT2D eigenvalue weighted by molar-refractivity contribution is 7.78. The predicted octanol–water partition coefficient (Wildman–Crippen LogP) is 1.14. The molecule has 0 atom stereocenters. The lowest BCUT2D eigenvalue weighted by atomic mass is 10.9. The third-order valence-corrected chi connectivity index (χ3v) is 0.303. The van der Waals surface area contributed by atoms with Crippen LogP contribution < -0.4 is 0 Å². The number of ether oxygens (including phenoxy) is 1. The lowest BCUT2D eigenvalue weighted by molar-refractivity contribution is 0.434. The molecule has 0 spiro atoms. The van der Waals surface area contributed by atoms with Crippen LogP contribution in [0.2, 0.25) is 0 Å². The summed E-state index contributed by atoms with van der Waals surface area (Å²) in [6.45, 7) is 3.29. The van der Waals surface area contributed by atoms with Crippen LogP contribution in [-0.4, -0.2) is 5.55 Å². The molecule has 0 aliphatic heterocycles. The second kappa shape index (κ2) is 3.89. The number of rotatable bonds is 2. The molecule has 0 aliphatic rings. The zero-order chi connectivity index (χ0) is 4.12. The maximum Gasteiger partial charge on any atom is 0.146 e. The van der Waals surface area contributed by atoms with E-state index in [1.54, 1.807) is 6.92 Å². The Bertz CT molecular complexity index is 28.1. The van der Waals surface area contributed by atoms with Crippen molar-refractivity contribution in [2.75, 3.05) is 0 Å². The summed E-state index contributed by atoms with van der Waals surface area (Å²) >= 11 is 4.27. The average molecular weight is 89.1 g/mol. The Morgan fingerprint density at radius 1 is 1.80 bits per heavy atom. The molecule has 0 aromatic rings. The molecule has 0 bridgehead atoms. The molecule has 0 unspecified atom stereocenters. The van der Waals surface area contributed by atoms with E-state index in [9.17, 15) is 0 Å². The number of hydrogen-bond donors (Lipinski definition) is 0. The Hall–Kier alpha value is -0.110. The summed E-state index contributed by atoms with van der Waals surface area (Å²) in [6, 6.07) is 0. The Morgan fingerprint density at radius 3 is 2.40 bits per heavy atom. The van der Waals surface area contributed by atoms with Crippen molar-refractivity contribution in [3.63, 3.8) is 0 Å². The molecule has 0 amide bonds. The van der Waals surface area contributed by atoms with E-state index < -0.39 is 0 Å². The van der Waals surface area contributed by atoms with E-state index in [0.717, 1.165) is 0 Å². The van der Waals surface area contributed by atoms with Crippen LogP contribution in [0.3, 0.4) is 0 Å². The van der Waals surface area contributed by atoms with E-state index in [0.29, 0.717) is 0 Å². The van der Waals surface area contributed by atoms with Gasteiger partial charge in [0.2, 0.25) is 0 Å². The van der Waals surface area contributed by atoms with Crippen molar-refractivity contribution in [1.29, 1.82) is 0 Å². The Balaban J connectivity index is 2.40. The van der Waals surface area contributed by atoms with Crippen molar-refractivity contribution in [3.8, 4) is 0 Å². The quantitative estimate of drug-likeness (QED) is 0.469. The van der Waals surface area contributed by atoms with Gasteiger partial charge in [0.05, 0.1) is 0 Å². The first-order valence-corrected chi connectivity index (χ1v) is 1.76. The molecule has 0 saturated heterocycles. The predicted molar refractivity (Wildman–Crippen MR) is 24.7 cm³/mol. The van der Waals surface area contributed by atoms with Crippen molar-refractivity contribution >= 4 is 17.8 Å². The molecule has 0 heterocycles. The molecule has 0 rings (SSSR count). The molecule has 1 nitrogen and oxygen atoms in total. The summed E-state index contributed by atoms with van der Waals surface area (Å²) in [5.74, 6) is 0. The normalized spacial score (nSPS) is 6.60. The van der Waals surface area contributed by atoms with Crippen molar-refractivity contribution in [1.82, 2.24) is 0 Å². The molecule has 0 fully saturated rings. The average Bonchev–Trinajstić information content (AvgIpc) is 1.41. The largest absolute Gasteiger partial charge is 0.483 e. The highest BCUT2D eigenvalue weighted by atomic mass is 32.1. The van der Waals surface area contributed by atoms with Crippen LogP contribution in [0.4, 0.5) is 0 Å². The number of hydrogen-bond acceptors (Lipinski definition) is 2. The van der Waals surface area contributed by atoms with Crippen LogP contribution in [0.5, 0.6) is 0 Å². The van der Waals surface area contributed by atoms with Gasteiger partial charge in [-0.3, -0.25) is 0 Å². The van der Waals surface area contributed by atoms with Crippen LogP contribution in [0.25, 0.3) is 0 Å². The minimum atomic E-state index is 1.21. The van der Waals surface area contributed by atoms with Crippen molar-refractivity contribution in [2.45, 2.75) is 6.92 Å². The molecular formula is C3H5OS. The van der Waals surface area contributed by atoms with Crippen LogP contribution in [-0.2, 0) is 4.74 Å². The molecular weight excluding hydrogens is 84.1 g/mol. The summed E-state index contributed by atoms with van der Waals surface area (Å²) in [5, 5.41) is 0. The van der Waals surface area contributed by atoms with Crippen molar-refractivity contribution < 1.29 is 4.74 Å². The van der Waals surface area contributed by atoms with Gasteiger partial charge in [-0.25, -0.2) is 0 Å². The van der Waals surface area contributed by atoms with Gasteiger partial charge in [-0.2, -0.15) is 0 Å². The first-order chi connectivity index (χ1) is 2.41. The molecule has 0 aromatic heterocycles. The summed E-state index contributed by atoms with van der Waals surface area (Å²) in [6.07, 6.45) is 0. The summed E-state index contributed by atoms with van der Waals surface area (Å²) in [5.41, 5.74) is 1.21. The molecule has 0 aromatic carbocycles. The molecule has 29 valence electrons. The topological polar surface area (TPSA) is 9.23 Å². The second-order valence-electron chi connectivity index (χ2n) is 0.468. The lowest BCUT2D eigenvalue weighted by Gasteiger charge is -1.81. The van der Waals surface area contributed by atoms with Crippen LogP contribution in [0.15, 0.2) is 0 Å².